The summed E-state index contributed by atoms with van der Waals surface area (Å²) in [5, 5.41) is 8.76. The molecular weight excluding hydrogens is 276 g/mol. The summed E-state index contributed by atoms with van der Waals surface area (Å²) in [6.45, 7) is 3.27. The quantitative estimate of drug-likeness (QED) is 0.867. The van der Waals surface area contributed by atoms with Crippen LogP contribution in [0, 0.1) is 5.92 Å². The van der Waals surface area contributed by atoms with Crippen molar-refractivity contribution < 1.29 is 14.7 Å². The Kier molecular flexibility index (Phi) is 6.01. The molecule has 0 bridgehead atoms. The maximum atomic E-state index is 12.5. The van der Waals surface area contributed by atoms with Crippen LogP contribution in [0.3, 0.4) is 0 Å². The fourth-order valence-electron chi connectivity index (χ4n) is 2.94. The van der Waals surface area contributed by atoms with Gasteiger partial charge in [0.05, 0.1) is 0 Å². The fraction of sp³-hybridized carbons (Fsp3) is 0.857. The monoisotopic (exact) mass is 300 g/mol. The first-order valence-corrected chi connectivity index (χ1v) is 8.65. The van der Waals surface area contributed by atoms with Crippen molar-refractivity contribution in [2.24, 2.45) is 5.92 Å². The average molecular weight is 300 g/mol. The van der Waals surface area contributed by atoms with Gasteiger partial charge in [0.2, 0.25) is 0 Å². The molecule has 1 unspecified atom stereocenters. The first-order chi connectivity index (χ1) is 9.66. The van der Waals surface area contributed by atoms with Gasteiger partial charge in [-0.05, 0) is 37.4 Å². The highest BCUT2D eigenvalue weighted by molar-refractivity contribution is 7.99. The standard InChI is InChI=1S/C14H24N2O3S/c17-13(18)5-4-12-3-1-6-16(11-12)14(19)15-7-2-9-20-10-8-15/h12H,1-11H2,(H,17,18). The van der Waals surface area contributed by atoms with Gasteiger partial charge in [0.1, 0.15) is 0 Å². The molecule has 0 saturated carbocycles. The Hall–Kier alpha value is -0.910. The molecule has 0 aliphatic carbocycles. The van der Waals surface area contributed by atoms with E-state index in [0.717, 1.165) is 56.9 Å². The number of nitrogens with zero attached hydrogens (tertiary/aromatic N) is 2. The molecule has 0 aromatic carbocycles. The van der Waals surface area contributed by atoms with Crippen LogP contribution in [-0.2, 0) is 4.79 Å². The molecule has 2 amide bonds. The van der Waals surface area contributed by atoms with Crippen LogP contribution in [0.5, 0.6) is 0 Å². The van der Waals surface area contributed by atoms with Crippen LogP contribution in [0.25, 0.3) is 0 Å². The minimum Gasteiger partial charge on any atom is -0.481 e. The molecule has 2 aliphatic heterocycles. The summed E-state index contributed by atoms with van der Waals surface area (Å²) < 4.78 is 0. The van der Waals surface area contributed by atoms with Gasteiger partial charge >= 0.3 is 12.0 Å². The summed E-state index contributed by atoms with van der Waals surface area (Å²) in [6, 6.07) is 0.160. The normalized spacial score (nSPS) is 24.3. The van der Waals surface area contributed by atoms with Crippen LogP contribution in [0.15, 0.2) is 0 Å². The van der Waals surface area contributed by atoms with E-state index in [1.807, 2.05) is 21.6 Å². The average Bonchev–Trinajstić information content (AvgIpc) is 2.73. The lowest BCUT2D eigenvalue weighted by atomic mass is 9.93. The first kappa shape index (κ1) is 15.5. The molecule has 2 aliphatic rings. The van der Waals surface area contributed by atoms with Crippen LogP contribution >= 0.6 is 11.8 Å². The van der Waals surface area contributed by atoms with Gasteiger partial charge in [-0.1, -0.05) is 0 Å². The molecule has 0 aromatic rings. The van der Waals surface area contributed by atoms with E-state index in [9.17, 15) is 9.59 Å². The molecule has 1 N–H and O–H groups in total. The van der Waals surface area contributed by atoms with Gasteiger partial charge in [-0.3, -0.25) is 4.79 Å². The van der Waals surface area contributed by atoms with Crippen LogP contribution in [-0.4, -0.2) is 64.6 Å². The number of urea groups is 1. The zero-order chi connectivity index (χ0) is 14.4. The SMILES string of the molecule is O=C(O)CCC1CCCN(C(=O)N2CCCSCC2)C1. The van der Waals surface area contributed by atoms with E-state index in [0.29, 0.717) is 12.3 Å². The van der Waals surface area contributed by atoms with E-state index in [4.69, 9.17) is 5.11 Å². The van der Waals surface area contributed by atoms with Crippen molar-refractivity contribution >= 4 is 23.8 Å². The fourth-order valence-corrected chi connectivity index (χ4v) is 3.83. The van der Waals surface area contributed by atoms with Gasteiger partial charge in [0, 0.05) is 38.4 Å². The van der Waals surface area contributed by atoms with Gasteiger partial charge in [-0.25, -0.2) is 4.79 Å². The van der Waals surface area contributed by atoms with E-state index in [-0.39, 0.29) is 12.5 Å². The summed E-state index contributed by atoms with van der Waals surface area (Å²) >= 11 is 1.92. The number of carboxylic acid groups (broad SMARTS) is 1. The van der Waals surface area contributed by atoms with Gasteiger partial charge in [0.15, 0.2) is 0 Å². The molecule has 0 aromatic heterocycles. The van der Waals surface area contributed by atoms with Crippen molar-refractivity contribution in [1.82, 2.24) is 9.80 Å². The maximum Gasteiger partial charge on any atom is 0.320 e. The second-order valence-corrected chi connectivity index (χ2v) is 6.85. The number of amides is 2. The van der Waals surface area contributed by atoms with Gasteiger partial charge in [-0.2, -0.15) is 11.8 Å². The van der Waals surface area contributed by atoms with E-state index in [1.54, 1.807) is 0 Å². The zero-order valence-corrected chi connectivity index (χ0v) is 12.7. The molecule has 2 rings (SSSR count). The Morgan fingerprint density at radius 3 is 2.70 bits per heavy atom. The molecule has 2 heterocycles. The minimum absolute atomic E-state index is 0.160. The summed E-state index contributed by atoms with van der Waals surface area (Å²) in [4.78, 5) is 27.1. The molecule has 114 valence electrons. The Bertz CT molecular complexity index is 343. The number of rotatable bonds is 3. The second kappa shape index (κ2) is 7.76. The van der Waals surface area contributed by atoms with Gasteiger partial charge in [-0.15, -0.1) is 0 Å². The van der Waals surface area contributed by atoms with Crippen molar-refractivity contribution in [3.8, 4) is 0 Å². The lowest BCUT2D eigenvalue weighted by Crippen LogP contribution is -2.48. The smallest absolute Gasteiger partial charge is 0.320 e. The first-order valence-electron chi connectivity index (χ1n) is 7.50. The minimum atomic E-state index is -0.738. The van der Waals surface area contributed by atoms with E-state index in [2.05, 4.69) is 0 Å². The molecule has 6 heteroatoms. The predicted octanol–water partition coefficient (Wildman–Crippen LogP) is 2.12. The summed E-state index contributed by atoms with van der Waals surface area (Å²) in [5.41, 5.74) is 0. The van der Waals surface area contributed by atoms with Crippen molar-refractivity contribution in [2.75, 3.05) is 37.7 Å². The number of aliphatic carboxylic acids is 1. The van der Waals surface area contributed by atoms with E-state index in [1.165, 1.54) is 0 Å². The number of likely N-dealkylation sites (tertiary alicyclic amines) is 1. The molecule has 1 atom stereocenters. The third-order valence-corrected chi connectivity index (χ3v) is 5.10. The molecule has 2 fully saturated rings. The van der Waals surface area contributed by atoms with Crippen LogP contribution in [0.4, 0.5) is 4.79 Å². The number of carboxylic acids is 1. The highest BCUT2D eigenvalue weighted by Gasteiger charge is 2.27. The summed E-state index contributed by atoms with van der Waals surface area (Å²) in [5.74, 6) is 1.79. The summed E-state index contributed by atoms with van der Waals surface area (Å²) in [6.07, 6.45) is 4.03. The Labute approximate surface area is 124 Å². The molecule has 5 nitrogen and oxygen atoms in total. The van der Waals surface area contributed by atoms with Gasteiger partial charge in [0.25, 0.3) is 0 Å². The number of hydrogen-bond donors (Lipinski definition) is 1. The predicted molar refractivity (Wildman–Crippen MR) is 80.1 cm³/mol. The largest absolute Gasteiger partial charge is 0.481 e. The molecule has 2 saturated heterocycles. The highest BCUT2D eigenvalue weighted by Crippen LogP contribution is 2.22. The second-order valence-electron chi connectivity index (χ2n) is 5.62. The van der Waals surface area contributed by atoms with Crippen molar-refractivity contribution in [1.29, 1.82) is 0 Å². The van der Waals surface area contributed by atoms with Crippen molar-refractivity contribution in [3.05, 3.63) is 0 Å². The lowest BCUT2D eigenvalue weighted by Gasteiger charge is -2.36. The number of carbonyl (C=O) groups excluding carboxylic acids is 1. The van der Waals surface area contributed by atoms with Crippen LogP contribution < -0.4 is 0 Å². The molecule has 0 radical (unpaired) electrons. The Balaban J connectivity index is 1.83. The Morgan fingerprint density at radius 1 is 1.10 bits per heavy atom. The molecule has 20 heavy (non-hydrogen) atoms. The lowest BCUT2D eigenvalue weighted by molar-refractivity contribution is -0.137. The molecule has 0 spiro atoms. The zero-order valence-electron chi connectivity index (χ0n) is 11.9. The van der Waals surface area contributed by atoms with Crippen molar-refractivity contribution in [3.63, 3.8) is 0 Å². The number of piperidine rings is 1. The number of carbonyl (C=O) groups is 2. The van der Waals surface area contributed by atoms with Crippen LogP contribution in [0.1, 0.15) is 32.1 Å². The topological polar surface area (TPSA) is 60.9 Å². The molecular formula is C14H24N2O3S. The van der Waals surface area contributed by atoms with E-state index < -0.39 is 5.97 Å². The number of hydrogen-bond acceptors (Lipinski definition) is 3. The third kappa shape index (κ3) is 4.58. The summed E-state index contributed by atoms with van der Waals surface area (Å²) in [7, 11) is 0. The Morgan fingerprint density at radius 2 is 1.90 bits per heavy atom. The maximum absolute atomic E-state index is 12.5. The number of thioether (sulfide) groups is 1. The van der Waals surface area contributed by atoms with Crippen molar-refractivity contribution in [2.45, 2.75) is 32.1 Å². The van der Waals surface area contributed by atoms with Gasteiger partial charge < -0.3 is 14.9 Å². The highest BCUT2D eigenvalue weighted by atomic mass is 32.2. The third-order valence-electron chi connectivity index (χ3n) is 4.05. The van der Waals surface area contributed by atoms with Crippen LogP contribution in [0.2, 0.25) is 0 Å². The van der Waals surface area contributed by atoms with E-state index >= 15 is 0 Å².